The number of fused-ring (bicyclic) bond motifs is 1. The van der Waals surface area contributed by atoms with Gasteiger partial charge in [-0.05, 0) is 42.2 Å². The molecule has 140 valence electrons. The highest BCUT2D eigenvalue weighted by Crippen LogP contribution is 2.37. The number of benzene rings is 3. The lowest BCUT2D eigenvalue weighted by molar-refractivity contribution is 0.112. The fraction of sp³-hybridized carbons (Fsp3) is 0.160. The van der Waals surface area contributed by atoms with Gasteiger partial charge < -0.3 is 9.67 Å². The molecule has 3 nitrogen and oxygen atoms in total. The largest absolute Gasteiger partial charge is 0.373 e. The van der Waals surface area contributed by atoms with Crippen molar-refractivity contribution in [2.45, 2.75) is 25.5 Å². The molecule has 0 atom stereocenters. The molecular weight excluding hydrogens is 344 g/mol. The zero-order valence-corrected chi connectivity index (χ0v) is 16.0. The van der Waals surface area contributed by atoms with Crippen molar-refractivity contribution in [3.8, 4) is 0 Å². The summed E-state index contributed by atoms with van der Waals surface area (Å²) in [6, 6.07) is 25.8. The lowest BCUT2D eigenvalue weighted by Gasteiger charge is -2.29. The average Bonchev–Trinajstić information content (AvgIpc) is 3.13. The van der Waals surface area contributed by atoms with Gasteiger partial charge in [-0.25, -0.2) is 4.98 Å². The van der Waals surface area contributed by atoms with Crippen LogP contribution in [-0.4, -0.2) is 14.7 Å². The SMILES string of the molecule is C=CCc1ccc2nc(C(O)(c3ccccc3)c3ccccc3)n(CC)c2c1. The maximum Gasteiger partial charge on any atom is 0.173 e. The van der Waals surface area contributed by atoms with Gasteiger partial charge in [0.05, 0.1) is 11.0 Å². The summed E-state index contributed by atoms with van der Waals surface area (Å²) in [7, 11) is 0. The van der Waals surface area contributed by atoms with Crippen molar-refractivity contribution in [2.75, 3.05) is 0 Å². The van der Waals surface area contributed by atoms with Gasteiger partial charge in [-0.3, -0.25) is 0 Å². The Kier molecular flexibility index (Phi) is 4.84. The highest BCUT2D eigenvalue weighted by atomic mass is 16.3. The van der Waals surface area contributed by atoms with Crippen LogP contribution < -0.4 is 0 Å². The van der Waals surface area contributed by atoms with Crippen LogP contribution in [0.1, 0.15) is 29.4 Å². The quantitative estimate of drug-likeness (QED) is 0.483. The van der Waals surface area contributed by atoms with Crippen LogP contribution in [0.4, 0.5) is 0 Å². The first kappa shape index (κ1) is 18.2. The molecule has 0 saturated carbocycles. The monoisotopic (exact) mass is 368 g/mol. The molecule has 1 N–H and O–H groups in total. The summed E-state index contributed by atoms with van der Waals surface area (Å²) in [5.74, 6) is 0.637. The van der Waals surface area contributed by atoms with Crippen LogP contribution in [0, 0.1) is 0 Å². The van der Waals surface area contributed by atoms with Gasteiger partial charge in [0.25, 0.3) is 0 Å². The molecule has 4 rings (SSSR count). The first-order valence-electron chi connectivity index (χ1n) is 9.62. The van der Waals surface area contributed by atoms with Crippen molar-refractivity contribution in [1.82, 2.24) is 9.55 Å². The number of aliphatic hydroxyl groups is 1. The molecule has 3 heteroatoms. The second-order valence-electron chi connectivity index (χ2n) is 6.94. The smallest absolute Gasteiger partial charge is 0.173 e. The first-order chi connectivity index (χ1) is 13.7. The van der Waals surface area contributed by atoms with Crippen molar-refractivity contribution >= 4 is 11.0 Å². The van der Waals surface area contributed by atoms with E-state index in [4.69, 9.17) is 4.98 Å². The highest BCUT2D eigenvalue weighted by molar-refractivity contribution is 5.77. The van der Waals surface area contributed by atoms with Crippen molar-refractivity contribution in [2.24, 2.45) is 0 Å². The first-order valence-corrected chi connectivity index (χ1v) is 9.62. The zero-order valence-electron chi connectivity index (χ0n) is 16.0. The topological polar surface area (TPSA) is 38.1 Å². The number of hydrogen-bond donors (Lipinski definition) is 1. The minimum absolute atomic E-state index is 0.637. The Morgan fingerprint density at radius 1 is 0.964 bits per heavy atom. The van der Waals surface area contributed by atoms with Crippen LogP contribution in [0.2, 0.25) is 0 Å². The van der Waals surface area contributed by atoms with Crippen LogP contribution in [0.15, 0.2) is 91.5 Å². The summed E-state index contributed by atoms with van der Waals surface area (Å²) in [5, 5.41) is 12.1. The molecule has 0 aliphatic heterocycles. The van der Waals surface area contributed by atoms with Crippen molar-refractivity contribution < 1.29 is 5.11 Å². The third-order valence-electron chi connectivity index (χ3n) is 5.22. The average molecular weight is 368 g/mol. The summed E-state index contributed by atoms with van der Waals surface area (Å²) in [6.45, 7) is 6.64. The third kappa shape index (κ3) is 2.94. The van der Waals surface area contributed by atoms with E-state index in [1.54, 1.807) is 0 Å². The van der Waals surface area contributed by atoms with Gasteiger partial charge in [-0.2, -0.15) is 0 Å². The van der Waals surface area contributed by atoms with Gasteiger partial charge in [-0.1, -0.05) is 72.8 Å². The van der Waals surface area contributed by atoms with E-state index in [2.05, 4.69) is 30.2 Å². The van der Waals surface area contributed by atoms with Crippen molar-refractivity contribution in [1.29, 1.82) is 0 Å². The molecule has 0 fully saturated rings. The summed E-state index contributed by atoms with van der Waals surface area (Å²) >= 11 is 0. The normalized spacial score (nSPS) is 11.6. The van der Waals surface area contributed by atoms with E-state index in [0.29, 0.717) is 12.4 Å². The van der Waals surface area contributed by atoms with Gasteiger partial charge in [-0.15, -0.1) is 6.58 Å². The third-order valence-corrected chi connectivity index (χ3v) is 5.22. The van der Waals surface area contributed by atoms with E-state index in [0.717, 1.165) is 28.6 Å². The van der Waals surface area contributed by atoms with E-state index in [1.165, 1.54) is 5.56 Å². The maximum absolute atomic E-state index is 12.1. The van der Waals surface area contributed by atoms with Crippen LogP contribution >= 0.6 is 0 Å². The molecule has 4 aromatic rings. The number of aryl methyl sites for hydroxylation is 1. The Morgan fingerprint density at radius 3 is 2.11 bits per heavy atom. The summed E-state index contributed by atoms with van der Waals surface area (Å²) in [6.07, 6.45) is 2.71. The van der Waals surface area contributed by atoms with E-state index >= 15 is 0 Å². The number of hydrogen-bond acceptors (Lipinski definition) is 2. The maximum atomic E-state index is 12.1. The second kappa shape index (κ2) is 7.45. The standard InChI is InChI=1S/C25H24N2O/c1-3-11-19-16-17-22-23(18-19)27(4-2)24(26-22)25(28,20-12-7-5-8-13-20)21-14-9-6-10-15-21/h3,5-10,12-18,28H,1,4,11H2,2H3. The second-order valence-corrected chi connectivity index (χ2v) is 6.94. The molecule has 0 aliphatic rings. The molecule has 0 amide bonds. The molecule has 0 unspecified atom stereocenters. The number of rotatable bonds is 6. The molecule has 0 aliphatic carbocycles. The highest BCUT2D eigenvalue weighted by Gasteiger charge is 2.38. The van der Waals surface area contributed by atoms with Crippen molar-refractivity contribution in [3.63, 3.8) is 0 Å². The molecular formula is C25H24N2O. The van der Waals surface area contributed by atoms with Crippen LogP contribution in [-0.2, 0) is 18.6 Å². The minimum atomic E-state index is -1.34. The predicted molar refractivity (Wildman–Crippen MR) is 114 cm³/mol. The molecule has 28 heavy (non-hydrogen) atoms. The fourth-order valence-corrected chi connectivity index (χ4v) is 3.84. The Bertz CT molecular complexity index is 1060. The molecule has 3 aromatic carbocycles. The van der Waals surface area contributed by atoms with Gasteiger partial charge in [0, 0.05) is 6.54 Å². The van der Waals surface area contributed by atoms with Gasteiger partial charge in [0.2, 0.25) is 0 Å². The molecule has 0 spiro atoms. The van der Waals surface area contributed by atoms with Gasteiger partial charge in [0.1, 0.15) is 0 Å². The van der Waals surface area contributed by atoms with Crippen LogP contribution in [0.5, 0.6) is 0 Å². The summed E-state index contributed by atoms with van der Waals surface area (Å²) in [4.78, 5) is 4.90. The lowest BCUT2D eigenvalue weighted by Crippen LogP contribution is -2.32. The lowest BCUT2D eigenvalue weighted by atomic mass is 9.85. The number of nitrogens with zero attached hydrogens (tertiary/aromatic N) is 2. The molecule has 0 bridgehead atoms. The Morgan fingerprint density at radius 2 is 1.57 bits per heavy atom. The van der Waals surface area contributed by atoms with E-state index < -0.39 is 5.60 Å². The number of aromatic nitrogens is 2. The fourth-order valence-electron chi connectivity index (χ4n) is 3.84. The number of imidazole rings is 1. The molecule has 1 aromatic heterocycles. The zero-order chi connectivity index (χ0) is 19.6. The Labute approximate surface area is 165 Å². The molecule has 0 radical (unpaired) electrons. The van der Waals surface area contributed by atoms with E-state index in [9.17, 15) is 5.11 Å². The Balaban J connectivity index is 2.02. The van der Waals surface area contributed by atoms with Crippen LogP contribution in [0.3, 0.4) is 0 Å². The molecule has 1 heterocycles. The Hall–Kier alpha value is -3.17. The summed E-state index contributed by atoms with van der Waals surface area (Å²) in [5.41, 5.74) is 3.37. The van der Waals surface area contributed by atoms with Gasteiger partial charge in [0.15, 0.2) is 11.4 Å². The number of allylic oxidation sites excluding steroid dienone is 1. The van der Waals surface area contributed by atoms with Crippen LogP contribution in [0.25, 0.3) is 11.0 Å². The van der Waals surface area contributed by atoms with Gasteiger partial charge >= 0.3 is 0 Å². The predicted octanol–water partition coefficient (Wildman–Crippen LogP) is 5.07. The van der Waals surface area contributed by atoms with Crippen molar-refractivity contribution in [3.05, 3.63) is 114 Å². The van der Waals surface area contributed by atoms with E-state index in [-0.39, 0.29) is 0 Å². The summed E-state index contributed by atoms with van der Waals surface area (Å²) < 4.78 is 2.11. The van der Waals surface area contributed by atoms with E-state index in [1.807, 2.05) is 72.8 Å². The minimum Gasteiger partial charge on any atom is -0.373 e. The molecule has 0 saturated heterocycles.